The number of amides is 1. The summed E-state index contributed by atoms with van der Waals surface area (Å²) in [5, 5.41) is 4.93. The van der Waals surface area contributed by atoms with Gasteiger partial charge in [-0.1, -0.05) is 60.5 Å². The number of benzene rings is 2. The molecule has 0 fully saturated rings. The first kappa shape index (κ1) is 15.5. The molecule has 0 aromatic heterocycles. The SMILES string of the molecule is CCC(=NNC(=O)c1ccc(Cl)c(Cl)c1)c1ccccc1. The van der Waals surface area contributed by atoms with Crippen molar-refractivity contribution in [2.75, 3.05) is 0 Å². The van der Waals surface area contributed by atoms with E-state index in [0.29, 0.717) is 22.0 Å². The Labute approximate surface area is 133 Å². The highest BCUT2D eigenvalue weighted by atomic mass is 35.5. The van der Waals surface area contributed by atoms with Gasteiger partial charge in [-0.25, -0.2) is 5.43 Å². The van der Waals surface area contributed by atoms with Gasteiger partial charge in [0, 0.05) is 5.56 Å². The molecular formula is C16H14Cl2N2O. The van der Waals surface area contributed by atoms with E-state index in [9.17, 15) is 4.79 Å². The second-order valence-corrected chi connectivity index (χ2v) is 5.16. The largest absolute Gasteiger partial charge is 0.271 e. The molecule has 108 valence electrons. The minimum atomic E-state index is -0.324. The smallest absolute Gasteiger partial charge is 0.267 e. The fraction of sp³-hybridized carbons (Fsp3) is 0.125. The number of hydrogen-bond acceptors (Lipinski definition) is 2. The van der Waals surface area contributed by atoms with E-state index in [1.54, 1.807) is 12.1 Å². The average molecular weight is 321 g/mol. The number of nitrogens with one attached hydrogen (secondary N) is 1. The maximum atomic E-state index is 12.0. The Balaban J connectivity index is 2.15. The molecule has 0 heterocycles. The van der Waals surface area contributed by atoms with Gasteiger partial charge in [-0.15, -0.1) is 0 Å². The summed E-state index contributed by atoms with van der Waals surface area (Å²) in [7, 11) is 0. The van der Waals surface area contributed by atoms with Crippen molar-refractivity contribution in [3.05, 3.63) is 69.7 Å². The Morgan fingerprint density at radius 1 is 1.05 bits per heavy atom. The van der Waals surface area contributed by atoms with Crippen molar-refractivity contribution in [1.82, 2.24) is 5.43 Å². The molecule has 21 heavy (non-hydrogen) atoms. The molecule has 0 aliphatic carbocycles. The maximum absolute atomic E-state index is 12.0. The summed E-state index contributed by atoms with van der Waals surface area (Å²) in [6.45, 7) is 1.98. The second kappa shape index (κ2) is 7.25. The van der Waals surface area contributed by atoms with Crippen molar-refractivity contribution in [3.8, 4) is 0 Å². The first-order valence-electron chi connectivity index (χ1n) is 6.49. The lowest BCUT2D eigenvalue weighted by Gasteiger charge is -2.06. The Morgan fingerprint density at radius 3 is 2.38 bits per heavy atom. The van der Waals surface area contributed by atoms with Crippen LogP contribution in [0.5, 0.6) is 0 Å². The van der Waals surface area contributed by atoms with Crippen LogP contribution in [0.3, 0.4) is 0 Å². The van der Waals surface area contributed by atoms with Crippen LogP contribution in [0, 0.1) is 0 Å². The average Bonchev–Trinajstić information content (AvgIpc) is 2.51. The summed E-state index contributed by atoms with van der Waals surface area (Å²) in [4.78, 5) is 12.0. The van der Waals surface area contributed by atoms with Crippen LogP contribution in [-0.2, 0) is 0 Å². The maximum Gasteiger partial charge on any atom is 0.271 e. The summed E-state index contributed by atoms with van der Waals surface area (Å²) in [6, 6.07) is 14.4. The number of hydrogen-bond donors (Lipinski definition) is 1. The van der Waals surface area contributed by atoms with Crippen LogP contribution in [0.2, 0.25) is 10.0 Å². The Bertz CT molecular complexity index is 669. The molecule has 0 spiro atoms. The monoisotopic (exact) mass is 320 g/mol. The third-order valence-electron chi connectivity index (χ3n) is 2.92. The van der Waals surface area contributed by atoms with E-state index in [0.717, 1.165) is 11.3 Å². The fourth-order valence-corrected chi connectivity index (χ4v) is 2.10. The number of carbonyl (C=O) groups is 1. The number of nitrogens with zero attached hydrogens (tertiary/aromatic N) is 1. The predicted molar refractivity (Wildman–Crippen MR) is 87.2 cm³/mol. The van der Waals surface area contributed by atoms with Gasteiger partial charge in [0.1, 0.15) is 0 Å². The molecule has 0 saturated carbocycles. The molecule has 0 atom stereocenters. The summed E-state index contributed by atoms with van der Waals surface area (Å²) < 4.78 is 0. The highest BCUT2D eigenvalue weighted by Gasteiger charge is 2.08. The molecule has 1 N–H and O–H groups in total. The minimum Gasteiger partial charge on any atom is -0.267 e. The van der Waals surface area contributed by atoms with E-state index in [-0.39, 0.29) is 5.91 Å². The van der Waals surface area contributed by atoms with Crippen LogP contribution in [0.1, 0.15) is 29.3 Å². The molecule has 1 amide bonds. The van der Waals surface area contributed by atoms with Gasteiger partial charge < -0.3 is 0 Å². The van der Waals surface area contributed by atoms with Crippen molar-refractivity contribution in [2.24, 2.45) is 5.10 Å². The highest BCUT2D eigenvalue weighted by Crippen LogP contribution is 2.22. The summed E-state index contributed by atoms with van der Waals surface area (Å²) in [5.74, 6) is -0.324. The van der Waals surface area contributed by atoms with Gasteiger partial charge in [0.15, 0.2) is 0 Å². The summed E-state index contributed by atoms with van der Waals surface area (Å²) in [6.07, 6.45) is 0.714. The van der Waals surface area contributed by atoms with Gasteiger partial charge in [-0.2, -0.15) is 5.10 Å². The topological polar surface area (TPSA) is 41.5 Å². The quantitative estimate of drug-likeness (QED) is 0.652. The lowest BCUT2D eigenvalue weighted by Crippen LogP contribution is -2.20. The van der Waals surface area contributed by atoms with Crippen LogP contribution in [0.15, 0.2) is 53.6 Å². The third kappa shape index (κ3) is 4.06. The van der Waals surface area contributed by atoms with Gasteiger partial charge >= 0.3 is 0 Å². The fourth-order valence-electron chi connectivity index (χ4n) is 1.80. The molecule has 2 aromatic rings. The van der Waals surface area contributed by atoms with Crippen molar-refractivity contribution < 1.29 is 4.79 Å². The molecular weight excluding hydrogens is 307 g/mol. The first-order chi connectivity index (χ1) is 10.1. The van der Waals surface area contributed by atoms with Crippen molar-refractivity contribution in [2.45, 2.75) is 13.3 Å². The van der Waals surface area contributed by atoms with Crippen molar-refractivity contribution in [3.63, 3.8) is 0 Å². The number of halogens is 2. The Kier molecular flexibility index (Phi) is 5.37. The van der Waals surface area contributed by atoms with Crippen LogP contribution in [0.4, 0.5) is 0 Å². The van der Waals surface area contributed by atoms with Gasteiger partial charge in [0.05, 0.1) is 15.8 Å². The normalized spacial score (nSPS) is 11.3. The van der Waals surface area contributed by atoms with E-state index in [2.05, 4.69) is 10.5 Å². The zero-order valence-electron chi connectivity index (χ0n) is 11.4. The number of hydrazone groups is 1. The predicted octanol–water partition coefficient (Wildman–Crippen LogP) is 4.54. The van der Waals surface area contributed by atoms with Gasteiger partial charge in [0.2, 0.25) is 0 Å². The van der Waals surface area contributed by atoms with Gasteiger partial charge in [-0.05, 0) is 30.2 Å². The van der Waals surface area contributed by atoms with Crippen LogP contribution in [-0.4, -0.2) is 11.6 Å². The van der Waals surface area contributed by atoms with Crippen LogP contribution in [0.25, 0.3) is 0 Å². The highest BCUT2D eigenvalue weighted by molar-refractivity contribution is 6.42. The molecule has 0 aliphatic heterocycles. The Morgan fingerprint density at radius 2 is 1.76 bits per heavy atom. The third-order valence-corrected chi connectivity index (χ3v) is 3.66. The first-order valence-corrected chi connectivity index (χ1v) is 7.24. The van der Waals surface area contributed by atoms with Gasteiger partial charge in [-0.3, -0.25) is 4.79 Å². The molecule has 0 aliphatic rings. The molecule has 0 saturated heterocycles. The van der Waals surface area contributed by atoms with E-state index < -0.39 is 0 Å². The second-order valence-electron chi connectivity index (χ2n) is 4.35. The van der Waals surface area contributed by atoms with Crippen molar-refractivity contribution in [1.29, 1.82) is 0 Å². The van der Waals surface area contributed by atoms with Crippen LogP contribution >= 0.6 is 23.2 Å². The van der Waals surface area contributed by atoms with E-state index in [4.69, 9.17) is 23.2 Å². The lowest BCUT2D eigenvalue weighted by atomic mass is 10.1. The molecule has 5 heteroatoms. The minimum absolute atomic E-state index is 0.324. The molecule has 3 nitrogen and oxygen atoms in total. The molecule has 2 rings (SSSR count). The van der Waals surface area contributed by atoms with Gasteiger partial charge in [0.25, 0.3) is 5.91 Å². The van der Waals surface area contributed by atoms with E-state index in [1.807, 2.05) is 37.3 Å². The van der Waals surface area contributed by atoms with Crippen molar-refractivity contribution >= 4 is 34.8 Å². The molecule has 0 bridgehead atoms. The van der Waals surface area contributed by atoms with E-state index >= 15 is 0 Å². The summed E-state index contributed by atoms with van der Waals surface area (Å²) in [5.41, 5.74) is 4.75. The summed E-state index contributed by atoms with van der Waals surface area (Å²) >= 11 is 11.7. The van der Waals surface area contributed by atoms with E-state index in [1.165, 1.54) is 6.07 Å². The molecule has 0 radical (unpaired) electrons. The standard InChI is InChI=1S/C16H14Cl2N2O/c1-2-15(11-6-4-3-5-7-11)19-20-16(21)12-8-9-13(17)14(18)10-12/h3-10H,2H2,1H3,(H,20,21). The lowest BCUT2D eigenvalue weighted by molar-refractivity contribution is 0.0955. The molecule has 0 unspecified atom stereocenters. The number of rotatable bonds is 4. The zero-order chi connectivity index (χ0) is 15.2. The zero-order valence-corrected chi connectivity index (χ0v) is 12.9. The number of carbonyl (C=O) groups excluding carboxylic acids is 1. The van der Waals surface area contributed by atoms with Crippen LogP contribution < -0.4 is 5.43 Å². The molecule has 2 aromatic carbocycles. The Hall–Kier alpha value is -1.84.